The number of hydrogen-bond donors (Lipinski definition) is 1. The minimum Gasteiger partial charge on any atom is -0.324 e. The van der Waals surface area contributed by atoms with E-state index in [9.17, 15) is 13.2 Å². The van der Waals surface area contributed by atoms with Crippen LogP contribution in [0.1, 0.15) is 37.3 Å². The highest BCUT2D eigenvalue weighted by Gasteiger charge is 2.28. The molecule has 2 N–H and O–H groups in total. The van der Waals surface area contributed by atoms with E-state index in [1.165, 1.54) is 0 Å². The van der Waals surface area contributed by atoms with Crippen LogP contribution >= 0.6 is 12.4 Å². The third-order valence-corrected chi connectivity index (χ3v) is 3.32. The van der Waals surface area contributed by atoms with Crippen LogP contribution in [0.3, 0.4) is 0 Å². The van der Waals surface area contributed by atoms with Crippen molar-refractivity contribution < 1.29 is 13.2 Å². The van der Waals surface area contributed by atoms with E-state index in [0.29, 0.717) is 0 Å². The van der Waals surface area contributed by atoms with E-state index in [4.69, 9.17) is 5.73 Å². The second-order valence-electron chi connectivity index (χ2n) is 4.33. The van der Waals surface area contributed by atoms with Crippen LogP contribution in [0.25, 0.3) is 0 Å². The molecule has 0 aliphatic heterocycles. The zero-order valence-corrected chi connectivity index (χ0v) is 10.1. The molecule has 1 saturated carbocycles. The molecular weight excluding hydrogens is 251 g/mol. The topological polar surface area (TPSA) is 26.0 Å². The zero-order valence-electron chi connectivity index (χ0n) is 9.26. The third kappa shape index (κ3) is 2.75. The van der Waals surface area contributed by atoms with Gasteiger partial charge in [0.1, 0.15) is 5.82 Å². The van der Waals surface area contributed by atoms with E-state index in [0.717, 1.165) is 37.8 Å². The van der Waals surface area contributed by atoms with Crippen molar-refractivity contribution >= 4 is 12.4 Å². The standard InChI is InChI=1S/C12H14F3N.ClH/c13-8-5-6-9(14)11(15)10(8)12(16)7-3-1-2-4-7;/h5-7,12H,1-4,16H2;1H/t12-;/m1./s1. The summed E-state index contributed by atoms with van der Waals surface area (Å²) in [7, 11) is 0. The average molecular weight is 266 g/mol. The van der Waals surface area contributed by atoms with Crippen LogP contribution in [0.4, 0.5) is 13.2 Å². The minimum absolute atomic E-state index is 0. The molecule has 0 radical (unpaired) electrons. The van der Waals surface area contributed by atoms with Crippen LogP contribution in [0.15, 0.2) is 12.1 Å². The van der Waals surface area contributed by atoms with Crippen LogP contribution in [0.2, 0.25) is 0 Å². The summed E-state index contributed by atoms with van der Waals surface area (Å²) in [5.41, 5.74) is 5.52. The van der Waals surface area contributed by atoms with Gasteiger partial charge >= 0.3 is 0 Å². The van der Waals surface area contributed by atoms with Crippen molar-refractivity contribution in [1.29, 1.82) is 0 Å². The van der Waals surface area contributed by atoms with Gasteiger partial charge in [-0.05, 0) is 30.9 Å². The molecule has 0 aromatic heterocycles. The van der Waals surface area contributed by atoms with Gasteiger partial charge in [0.05, 0.1) is 0 Å². The lowest BCUT2D eigenvalue weighted by atomic mass is 9.91. The van der Waals surface area contributed by atoms with E-state index >= 15 is 0 Å². The van der Waals surface area contributed by atoms with Gasteiger partial charge in [-0.15, -0.1) is 12.4 Å². The molecule has 0 spiro atoms. The van der Waals surface area contributed by atoms with Gasteiger partial charge in [-0.3, -0.25) is 0 Å². The molecule has 0 amide bonds. The number of benzene rings is 1. The van der Waals surface area contributed by atoms with Crippen molar-refractivity contribution in [3.8, 4) is 0 Å². The van der Waals surface area contributed by atoms with Crippen molar-refractivity contribution in [2.24, 2.45) is 11.7 Å². The molecule has 1 fully saturated rings. The molecule has 1 atom stereocenters. The Balaban J connectivity index is 0.00000144. The molecule has 1 aliphatic carbocycles. The maximum Gasteiger partial charge on any atom is 0.166 e. The molecule has 1 aromatic rings. The summed E-state index contributed by atoms with van der Waals surface area (Å²) in [4.78, 5) is 0. The van der Waals surface area contributed by atoms with Gasteiger partial charge in [0.25, 0.3) is 0 Å². The maximum atomic E-state index is 13.5. The first kappa shape index (κ1) is 14.3. The van der Waals surface area contributed by atoms with Crippen molar-refractivity contribution in [1.82, 2.24) is 0 Å². The Kier molecular flexibility index (Phi) is 4.83. The average Bonchev–Trinajstić information content (AvgIpc) is 2.77. The fourth-order valence-electron chi connectivity index (χ4n) is 2.40. The quantitative estimate of drug-likeness (QED) is 0.811. The normalized spacial score (nSPS) is 17.9. The van der Waals surface area contributed by atoms with E-state index in [1.54, 1.807) is 0 Å². The highest BCUT2D eigenvalue weighted by Crippen LogP contribution is 2.36. The van der Waals surface area contributed by atoms with Gasteiger partial charge in [-0.1, -0.05) is 12.8 Å². The Hall–Kier alpha value is -0.740. The summed E-state index contributed by atoms with van der Waals surface area (Å²) >= 11 is 0. The Morgan fingerprint density at radius 2 is 1.59 bits per heavy atom. The summed E-state index contributed by atoms with van der Waals surface area (Å²) in [6, 6.07) is 0.983. The van der Waals surface area contributed by atoms with E-state index in [2.05, 4.69) is 0 Å². The summed E-state index contributed by atoms with van der Waals surface area (Å²) in [6.45, 7) is 0. The van der Waals surface area contributed by atoms with Crippen LogP contribution in [0, 0.1) is 23.4 Å². The van der Waals surface area contributed by atoms with Gasteiger partial charge in [0.2, 0.25) is 0 Å². The van der Waals surface area contributed by atoms with Crippen LogP contribution in [-0.4, -0.2) is 0 Å². The van der Waals surface area contributed by atoms with Crippen molar-refractivity contribution in [3.05, 3.63) is 35.1 Å². The molecule has 5 heteroatoms. The highest BCUT2D eigenvalue weighted by atomic mass is 35.5. The number of halogens is 4. The molecule has 1 aromatic carbocycles. The first-order chi connectivity index (χ1) is 7.61. The summed E-state index contributed by atoms with van der Waals surface area (Å²) in [5.74, 6) is -2.87. The number of rotatable bonds is 2. The smallest absolute Gasteiger partial charge is 0.166 e. The predicted octanol–water partition coefficient (Wildman–Crippen LogP) is 3.72. The summed E-state index contributed by atoms with van der Waals surface area (Å²) < 4.78 is 39.9. The molecule has 1 nitrogen and oxygen atoms in total. The van der Waals surface area contributed by atoms with Gasteiger partial charge < -0.3 is 5.73 Å². The molecular formula is C12H15ClF3N. The Bertz CT molecular complexity index is 392. The second-order valence-corrected chi connectivity index (χ2v) is 4.33. The maximum absolute atomic E-state index is 13.5. The molecule has 96 valence electrons. The first-order valence-electron chi connectivity index (χ1n) is 5.50. The number of nitrogens with two attached hydrogens (primary N) is 1. The largest absolute Gasteiger partial charge is 0.324 e. The summed E-state index contributed by atoms with van der Waals surface area (Å²) in [5, 5.41) is 0. The third-order valence-electron chi connectivity index (χ3n) is 3.32. The Labute approximate surface area is 105 Å². The van der Waals surface area contributed by atoms with Crippen LogP contribution in [0.5, 0.6) is 0 Å². The second kappa shape index (κ2) is 5.74. The van der Waals surface area contributed by atoms with Gasteiger partial charge in [-0.25, -0.2) is 13.2 Å². The van der Waals surface area contributed by atoms with E-state index < -0.39 is 23.5 Å². The summed E-state index contributed by atoms with van der Waals surface area (Å²) in [6.07, 6.45) is 3.76. The minimum atomic E-state index is -1.14. The van der Waals surface area contributed by atoms with Crippen molar-refractivity contribution in [2.45, 2.75) is 31.7 Å². The van der Waals surface area contributed by atoms with Gasteiger partial charge in [0, 0.05) is 11.6 Å². The molecule has 17 heavy (non-hydrogen) atoms. The monoisotopic (exact) mass is 265 g/mol. The predicted molar refractivity (Wildman–Crippen MR) is 62.5 cm³/mol. The lowest BCUT2D eigenvalue weighted by molar-refractivity contribution is 0.396. The highest BCUT2D eigenvalue weighted by molar-refractivity contribution is 5.85. The van der Waals surface area contributed by atoms with E-state index in [-0.39, 0.29) is 23.9 Å². The van der Waals surface area contributed by atoms with Crippen LogP contribution < -0.4 is 5.73 Å². The zero-order chi connectivity index (χ0) is 11.7. The van der Waals surface area contributed by atoms with Crippen molar-refractivity contribution in [3.63, 3.8) is 0 Å². The SMILES string of the molecule is Cl.N[C@@H](c1c(F)ccc(F)c1F)C1CCCC1. The van der Waals surface area contributed by atoms with Crippen molar-refractivity contribution in [2.75, 3.05) is 0 Å². The van der Waals surface area contributed by atoms with Gasteiger partial charge in [0.15, 0.2) is 11.6 Å². The van der Waals surface area contributed by atoms with Crippen LogP contribution in [-0.2, 0) is 0 Å². The molecule has 1 aliphatic rings. The Morgan fingerprint density at radius 3 is 2.18 bits per heavy atom. The molecule has 0 saturated heterocycles. The lowest BCUT2D eigenvalue weighted by Crippen LogP contribution is -2.22. The molecule has 0 bridgehead atoms. The molecule has 2 rings (SSSR count). The van der Waals surface area contributed by atoms with E-state index in [1.807, 2.05) is 0 Å². The first-order valence-corrected chi connectivity index (χ1v) is 5.50. The van der Waals surface area contributed by atoms with Gasteiger partial charge in [-0.2, -0.15) is 0 Å². The molecule has 0 heterocycles. The lowest BCUT2D eigenvalue weighted by Gasteiger charge is -2.20. The fraction of sp³-hybridized carbons (Fsp3) is 0.500. The Morgan fingerprint density at radius 1 is 1.06 bits per heavy atom. The number of hydrogen-bond acceptors (Lipinski definition) is 1. The fourth-order valence-corrected chi connectivity index (χ4v) is 2.40. The molecule has 0 unspecified atom stereocenters.